The first-order valence-corrected chi connectivity index (χ1v) is 16.4. The number of ether oxygens (including phenoxy) is 1. The molecule has 0 atom stereocenters. The lowest BCUT2D eigenvalue weighted by Gasteiger charge is -2.19. The Morgan fingerprint density at radius 3 is 2.57 bits per heavy atom. The molecule has 1 fully saturated rings. The predicted molar refractivity (Wildman–Crippen MR) is 166 cm³/mol. The van der Waals surface area contributed by atoms with Gasteiger partial charge in [-0.1, -0.05) is 50.8 Å². The molecule has 1 saturated carbocycles. The van der Waals surface area contributed by atoms with Gasteiger partial charge in [0.1, 0.15) is 22.7 Å². The quantitative estimate of drug-likeness (QED) is 0.226. The summed E-state index contributed by atoms with van der Waals surface area (Å²) >= 11 is 0. The molecule has 0 unspecified atom stereocenters. The van der Waals surface area contributed by atoms with Gasteiger partial charge in [-0.2, -0.15) is 0 Å². The van der Waals surface area contributed by atoms with E-state index in [0.29, 0.717) is 28.8 Å². The van der Waals surface area contributed by atoms with Gasteiger partial charge in [0, 0.05) is 36.3 Å². The molecule has 2 aromatic heterocycles. The van der Waals surface area contributed by atoms with Gasteiger partial charge in [0.2, 0.25) is 0 Å². The Balaban J connectivity index is 1.67. The number of nitrogens with zero attached hydrogens (tertiary/aromatic N) is 1. The number of amides is 1. The van der Waals surface area contributed by atoms with Crippen LogP contribution in [0.5, 0.6) is 11.5 Å². The largest absolute Gasteiger partial charge is 0.456 e. The Morgan fingerprint density at radius 1 is 1.10 bits per heavy atom. The molecule has 42 heavy (non-hydrogen) atoms. The second-order valence-corrected chi connectivity index (χ2v) is 13.5. The fraction of sp³-hybridized carbons (Fsp3) is 0.394. The van der Waals surface area contributed by atoms with Gasteiger partial charge in [-0.25, -0.2) is 8.42 Å². The average Bonchev–Trinajstić information content (AvgIpc) is 3.66. The molecule has 0 bridgehead atoms. The number of hydrogen-bond acceptors (Lipinski definition) is 5. The van der Waals surface area contributed by atoms with E-state index >= 15 is 0 Å². The van der Waals surface area contributed by atoms with Crippen LogP contribution in [0.25, 0.3) is 22.0 Å². The number of aromatic amines is 1. The fourth-order valence-electron chi connectivity index (χ4n) is 5.92. The summed E-state index contributed by atoms with van der Waals surface area (Å²) in [7, 11) is -1.90. The third-order valence-corrected chi connectivity index (χ3v) is 10.1. The second kappa shape index (κ2) is 12.2. The van der Waals surface area contributed by atoms with Crippen LogP contribution < -0.4 is 15.6 Å². The van der Waals surface area contributed by atoms with Crippen LogP contribution >= 0.6 is 0 Å². The Bertz CT molecular complexity index is 1800. The SMILES string of the molecule is CCNC(=O)c1cc2c(-c3cc(S(=O)(=O)CC)ccc3Oc3c(C)cccc3CCC3CCCC3)cn(C)c(=O)c2[nH]1. The van der Waals surface area contributed by atoms with Crippen LogP contribution in [0.4, 0.5) is 0 Å². The molecule has 0 aliphatic heterocycles. The number of rotatable bonds is 10. The molecule has 5 rings (SSSR count). The van der Waals surface area contributed by atoms with Crippen LogP contribution in [0, 0.1) is 12.8 Å². The van der Waals surface area contributed by atoms with Crippen molar-refractivity contribution in [1.82, 2.24) is 14.9 Å². The summed E-state index contributed by atoms with van der Waals surface area (Å²) in [5.74, 6) is 1.60. The predicted octanol–water partition coefficient (Wildman–Crippen LogP) is 6.30. The molecule has 222 valence electrons. The lowest BCUT2D eigenvalue weighted by molar-refractivity contribution is 0.0951. The monoisotopic (exact) mass is 589 g/mol. The van der Waals surface area contributed by atoms with Crippen molar-refractivity contribution in [3.05, 3.63) is 75.8 Å². The number of para-hydroxylation sites is 1. The van der Waals surface area contributed by atoms with E-state index in [4.69, 9.17) is 4.74 Å². The number of sulfone groups is 1. The maximum atomic E-state index is 13.1. The van der Waals surface area contributed by atoms with Crippen molar-refractivity contribution in [3.63, 3.8) is 0 Å². The van der Waals surface area contributed by atoms with Crippen LogP contribution in [0.15, 0.2) is 58.4 Å². The summed E-state index contributed by atoms with van der Waals surface area (Å²) in [6, 6.07) is 12.7. The number of benzene rings is 2. The molecule has 1 aliphatic carbocycles. The summed E-state index contributed by atoms with van der Waals surface area (Å²) in [4.78, 5) is 28.9. The Labute approximate surface area is 247 Å². The zero-order valence-electron chi connectivity index (χ0n) is 24.7. The van der Waals surface area contributed by atoms with Crippen molar-refractivity contribution in [2.24, 2.45) is 13.0 Å². The normalized spacial score (nSPS) is 14.0. The summed E-state index contributed by atoms with van der Waals surface area (Å²) in [6.07, 6.45) is 8.82. The number of pyridine rings is 1. The van der Waals surface area contributed by atoms with Crippen LogP contribution in [0.2, 0.25) is 0 Å². The van der Waals surface area contributed by atoms with E-state index in [0.717, 1.165) is 35.6 Å². The molecule has 0 radical (unpaired) electrons. The zero-order valence-corrected chi connectivity index (χ0v) is 25.6. The van der Waals surface area contributed by atoms with Gasteiger partial charge in [0.05, 0.1) is 10.6 Å². The molecule has 0 spiro atoms. The van der Waals surface area contributed by atoms with Crippen LogP contribution in [0.3, 0.4) is 0 Å². The van der Waals surface area contributed by atoms with E-state index in [9.17, 15) is 18.0 Å². The molecule has 9 heteroatoms. The molecule has 0 saturated heterocycles. The number of aryl methyl sites for hydroxylation is 3. The summed E-state index contributed by atoms with van der Waals surface area (Å²) in [5, 5.41) is 3.27. The van der Waals surface area contributed by atoms with E-state index in [1.54, 1.807) is 44.4 Å². The minimum Gasteiger partial charge on any atom is -0.456 e. The van der Waals surface area contributed by atoms with Gasteiger partial charge < -0.3 is 19.6 Å². The first kappa shape index (κ1) is 29.6. The summed E-state index contributed by atoms with van der Waals surface area (Å²) < 4.78 is 34.1. The van der Waals surface area contributed by atoms with Gasteiger partial charge >= 0.3 is 0 Å². The fourth-order valence-corrected chi connectivity index (χ4v) is 6.83. The van der Waals surface area contributed by atoms with Crippen molar-refractivity contribution in [3.8, 4) is 22.6 Å². The molecule has 8 nitrogen and oxygen atoms in total. The van der Waals surface area contributed by atoms with E-state index < -0.39 is 9.84 Å². The minimum absolute atomic E-state index is 0.0517. The number of fused-ring (bicyclic) bond motifs is 1. The van der Waals surface area contributed by atoms with E-state index in [-0.39, 0.29) is 33.3 Å². The molecular weight excluding hydrogens is 550 g/mol. The Kier molecular flexibility index (Phi) is 8.59. The Hall–Kier alpha value is -3.85. The van der Waals surface area contributed by atoms with Crippen LogP contribution in [0.1, 0.15) is 67.6 Å². The lowest BCUT2D eigenvalue weighted by Crippen LogP contribution is -2.23. The highest BCUT2D eigenvalue weighted by Gasteiger charge is 2.23. The first-order valence-electron chi connectivity index (χ1n) is 14.8. The zero-order chi connectivity index (χ0) is 30.0. The van der Waals surface area contributed by atoms with E-state index in [1.165, 1.54) is 30.3 Å². The second-order valence-electron chi connectivity index (χ2n) is 11.2. The molecule has 2 aromatic carbocycles. The van der Waals surface area contributed by atoms with Gasteiger partial charge in [-0.15, -0.1) is 0 Å². The van der Waals surface area contributed by atoms with E-state index in [2.05, 4.69) is 16.4 Å². The van der Waals surface area contributed by atoms with Gasteiger partial charge in [-0.3, -0.25) is 9.59 Å². The smallest absolute Gasteiger partial charge is 0.274 e. The molecular formula is C33H39N3O5S. The standard InChI is InChI=1S/C33H39N3O5S/c1-5-34-32(37)28-19-26-27(20-36(4)33(38)30(26)35-28)25-18-24(42(39,40)6-2)16-17-29(25)41-31-21(3)10-9-13-23(31)15-14-22-11-7-8-12-22/h9-10,13,16-20,22,35H,5-8,11-12,14-15H2,1-4H3,(H,34,37). The number of nitrogens with one attached hydrogen (secondary N) is 2. The van der Waals surface area contributed by atoms with Gasteiger partial charge in [0.25, 0.3) is 11.5 Å². The van der Waals surface area contributed by atoms with Gasteiger partial charge in [0.15, 0.2) is 9.84 Å². The Morgan fingerprint density at radius 2 is 1.86 bits per heavy atom. The summed E-state index contributed by atoms with van der Waals surface area (Å²) in [6.45, 7) is 5.88. The van der Waals surface area contributed by atoms with E-state index in [1.807, 2.05) is 26.0 Å². The third-order valence-electron chi connectivity index (χ3n) is 8.33. The summed E-state index contributed by atoms with van der Waals surface area (Å²) in [5.41, 5.74) is 3.44. The maximum Gasteiger partial charge on any atom is 0.274 e. The topological polar surface area (TPSA) is 110 Å². The number of carbonyl (C=O) groups excluding carboxylic acids is 1. The highest BCUT2D eigenvalue weighted by molar-refractivity contribution is 7.91. The molecule has 2 N–H and O–H groups in total. The van der Waals surface area contributed by atoms with Gasteiger partial charge in [-0.05, 0) is 68.0 Å². The first-order chi connectivity index (χ1) is 20.1. The average molecular weight is 590 g/mol. The molecule has 2 heterocycles. The minimum atomic E-state index is -3.54. The number of aromatic nitrogens is 2. The third kappa shape index (κ3) is 5.88. The molecule has 1 aliphatic rings. The highest BCUT2D eigenvalue weighted by Crippen LogP contribution is 2.41. The highest BCUT2D eigenvalue weighted by atomic mass is 32.2. The molecule has 4 aromatic rings. The maximum absolute atomic E-state index is 13.1. The van der Waals surface area contributed by atoms with Crippen LogP contribution in [-0.2, 0) is 23.3 Å². The molecule has 1 amide bonds. The van der Waals surface area contributed by atoms with Crippen molar-refractivity contribution < 1.29 is 17.9 Å². The lowest BCUT2D eigenvalue weighted by atomic mass is 9.96. The van der Waals surface area contributed by atoms with Crippen molar-refractivity contribution in [2.45, 2.75) is 64.2 Å². The van der Waals surface area contributed by atoms with Crippen molar-refractivity contribution >= 4 is 26.6 Å². The number of H-pyrrole nitrogens is 1. The van der Waals surface area contributed by atoms with Crippen molar-refractivity contribution in [2.75, 3.05) is 12.3 Å². The number of hydrogen-bond donors (Lipinski definition) is 2. The van der Waals surface area contributed by atoms with Crippen molar-refractivity contribution in [1.29, 1.82) is 0 Å². The van der Waals surface area contributed by atoms with Crippen LogP contribution in [-0.4, -0.2) is 36.2 Å². The number of carbonyl (C=O) groups is 1.